The summed E-state index contributed by atoms with van der Waals surface area (Å²) in [6.07, 6.45) is 2.71. The second-order valence-corrected chi connectivity index (χ2v) is 6.14. The Morgan fingerprint density at radius 2 is 2.05 bits per heavy atom. The van der Waals surface area contributed by atoms with E-state index in [1.54, 1.807) is 0 Å². The standard InChI is InChI=1S/C14H22ClN3O/c1-8(2)6-11(19)7-16-13-9(3)12(15)17-14(18-13)10-4-5-10/h8,10-11,19H,4-7H2,1-3H3,(H,16,17,18). The van der Waals surface area contributed by atoms with Gasteiger partial charge in [-0.15, -0.1) is 0 Å². The number of hydrogen-bond acceptors (Lipinski definition) is 4. The fourth-order valence-corrected chi connectivity index (χ4v) is 2.22. The second kappa shape index (κ2) is 6.06. The Kier molecular flexibility index (Phi) is 4.63. The van der Waals surface area contributed by atoms with E-state index in [-0.39, 0.29) is 6.10 Å². The quantitative estimate of drug-likeness (QED) is 0.788. The highest BCUT2D eigenvalue weighted by Gasteiger charge is 2.28. The number of aromatic nitrogens is 2. The van der Waals surface area contributed by atoms with E-state index in [4.69, 9.17) is 11.6 Å². The summed E-state index contributed by atoms with van der Waals surface area (Å²) >= 11 is 6.14. The van der Waals surface area contributed by atoms with Gasteiger partial charge < -0.3 is 10.4 Å². The average Bonchev–Trinajstić information content (AvgIpc) is 3.14. The summed E-state index contributed by atoms with van der Waals surface area (Å²) in [7, 11) is 0. The second-order valence-electron chi connectivity index (χ2n) is 5.78. The minimum Gasteiger partial charge on any atom is -0.391 e. The van der Waals surface area contributed by atoms with Gasteiger partial charge in [0, 0.05) is 18.0 Å². The van der Waals surface area contributed by atoms with Crippen LogP contribution in [-0.2, 0) is 0 Å². The third kappa shape index (κ3) is 4.05. The van der Waals surface area contributed by atoms with E-state index >= 15 is 0 Å². The van der Waals surface area contributed by atoms with Gasteiger partial charge in [0.15, 0.2) is 0 Å². The van der Waals surface area contributed by atoms with Gasteiger partial charge in [0.05, 0.1) is 6.10 Å². The summed E-state index contributed by atoms with van der Waals surface area (Å²) < 4.78 is 0. The topological polar surface area (TPSA) is 58.0 Å². The normalized spacial score (nSPS) is 16.7. The van der Waals surface area contributed by atoms with Crippen molar-refractivity contribution in [2.24, 2.45) is 5.92 Å². The highest BCUT2D eigenvalue weighted by atomic mass is 35.5. The summed E-state index contributed by atoms with van der Waals surface area (Å²) in [5, 5.41) is 13.6. The Hall–Kier alpha value is -0.870. The molecule has 1 aromatic rings. The summed E-state index contributed by atoms with van der Waals surface area (Å²) in [5.41, 5.74) is 0.850. The van der Waals surface area contributed by atoms with Crippen LogP contribution in [0.2, 0.25) is 5.15 Å². The molecule has 1 aliphatic carbocycles. The maximum Gasteiger partial charge on any atom is 0.137 e. The van der Waals surface area contributed by atoms with E-state index in [9.17, 15) is 5.11 Å². The molecule has 0 saturated heterocycles. The molecule has 0 radical (unpaired) electrons. The first-order chi connectivity index (χ1) is 8.97. The third-order valence-corrected chi connectivity index (χ3v) is 3.66. The zero-order chi connectivity index (χ0) is 14.0. The SMILES string of the molecule is Cc1c(Cl)nc(C2CC2)nc1NCC(O)CC(C)C. The van der Waals surface area contributed by atoms with Crippen LogP contribution in [0.1, 0.15) is 50.4 Å². The van der Waals surface area contributed by atoms with Gasteiger partial charge in [0.1, 0.15) is 16.8 Å². The van der Waals surface area contributed by atoms with Gasteiger partial charge in [-0.3, -0.25) is 0 Å². The zero-order valence-corrected chi connectivity index (χ0v) is 12.5. The van der Waals surface area contributed by atoms with Gasteiger partial charge in [-0.05, 0) is 32.1 Å². The zero-order valence-electron chi connectivity index (χ0n) is 11.8. The summed E-state index contributed by atoms with van der Waals surface area (Å²) in [4.78, 5) is 8.85. The maximum absolute atomic E-state index is 9.89. The monoisotopic (exact) mass is 283 g/mol. The number of halogens is 1. The van der Waals surface area contributed by atoms with Crippen molar-refractivity contribution < 1.29 is 5.11 Å². The number of nitrogens with one attached hydrogen (secondary N) is 1. The number of rotatable bonds is 6. The minimum absolute atomic E-state index is 0.363. The van der Waals surface area contributed by atoms with E-state index in [0.717, 1.165) is 36.5 Å². The first-order valence-electron chi connectivity index (χ1n) is 6.93. The van der Waals surface area contributed by atoms with Crippen molar-refractivity contribution in [1.82, 2.24) is 9.97 Å². The van der Waals surface area contributed by atoms with Crippen LogP contribution in [0, 0.1) is 12.8 Å². The van der Waals surface area contributed by atoms with E-state index in [1.807, 2.05) is 6.92 Å². The fourth-order valence-electron chi connectivity index (χ4n) is 2.04. The average molecular weight is 284 g/mol. The molecule has 0 amide bonds. The molecule has 106 valence electrons. The van der Waals surface area contributed by atoms with Crippen LogP contribution in [0.5, 0.6) is 0 Å². The Morgan fingerprint density at radius 3 is 2.63 bits per heavy atom. The van der Waals surface area contributed by atoms with Crippen LogP contribution in [0.25, 0.3) is 0 Å². The molecule has 1 unspecified atom stereocenters. The molecule has 2 rings (SSSR count). The molecule has 1 fully saturated rings. The number of hydrogen-bond donors (Lipinski definition) is 2. The lowest BCUT2D eigenvalue weighted by atomic mass is 10.1. The molecule has 1 aromatic heterocycles. The van der Waals surface area contributed by atoms with Gasteiger partial charge in [-0.2, -0.15) is 0 Å². The molecule has 1 heterocycles. The van der Waals surface area contributed by atoms with Crippen LogP contribution in [0.4, 0.5) is 5.82 Å². The Morgan fingerprint density at radius 1 is 1.37 bits per heavy atom. The summed E-state index contributed by atoms with van der Waals surface area (Å²) in [6.45, 7) is 6.59. The molecule has 0 aliphatic heterocycles. The van der Waals surface area contributed by atoms with Crippen molar-refractivity contribution in [2.75, 3.05) is 11.9 Å². The molecule has 0 aromatic carbocycles. The van der Waals surface area contributed by atoms with Crippen LogP contribution in [-0.4, -0.2) is 27.7 Å². The van der Waals surface area contributed by atoms with Gasteiger partial charge in [0.25, 0.3) is 0 Å². The van der Waals surface area contributed by atoms with Crippen LogP contribution < -0.4 is 5.32 Å². The smallest absolute Gasteiger partial charge is 0.137 e. The number of nitrogens with zero attached hydrogens (tertiary/aromatic N) is 2. The molecule has 2 N–H and O–H groups in total. The molecular weight excluding hydrogens is 262 g/mol. The number of aliphatic hydroxyl groups excluding tert-OH is 1. The van der Waals surface area contributed by atoms with Crippen molar-refractivity contribution in [3.63, 3.8) is 0 Å². The van der Waals surface area contributed by atoms with Gasteiger partial charge in [0.2, 0.25) is 0 Å². The lowest BCUT2D eigenvalue weighted by Crippen LogP contribution is -2.22. The van der Waals surface area contributed by atoms with Gasteiger partial charge in [-0.1, -0.05) is 25.4 Å². The molecule has 0 spiro atoms. The van der Waals surface area contributed by atoms with Crippen LogP contribution in [0.3, 0.4) is 0 Å². The minimum atomic E-state index is -0.363. The molecule has 5 heteroatoms. The van der Waals surface area contributed by atoms with Crippen molar-refractivity contribution in [3.05, 3.63) is 16.5 Å². The Bertz CT molecular complexity index is 447. The van der Waals surface area contributed by atoms with E-state index in [0.29, 0.717) is 23.5 Å². The fraction of sp³-hybridized carbons (Fsp3) is 0.714. The van der Waals surface area contributed by atoms with Crippen molar-refractivity contribution in [1.29, 1.82) is 0 Å². The molecule has 1 atom stereocenters. The number of aliphatic hydroxyl groups is 1. The first-order valence-corrected chi connectivity index (χ1v) is 7.31. The van der Waals surface area contributed by atoms with Gasteiger partial charge in [-0.25, -0.2) is 9.97 Å². The first kappa shape index (κ1) is 14.5. The highest BCUT2D eigenvalue weighted by Crippen LogP contribution is 2.39. The van der Waals surface area contributed by atoms with Crippen molar-refractivity contribution >= 4 is 17.4 Å². The van der Waals surface area contributed by atoms with E-state index in [2.05, 4.69) is 29.1 Å². The maximum atomic E-state index is 9.89. The summed E-state index contributed by atoms with van der Waals surface area (Å²) in [6, 6.07) is 0. The van der Waals surface area contributed by atoms with Gasteiger partial charge >= 0.3 is 0 Å². The third-order valence-electron chi connectivity index (χ3n) is 3.29. The van der Waals surface area contributed by atoms with E-state index in [1.165, 1.54) is 0 Å². The molecule has 19 heavy (non-hydrogen) atoms. The van der Waals surface area contributed by atoms with Crippen LogP contribution in [0.15, 0.2) is 0 Å². The summed E-state index contributed by atoms with van der Waals surface area (Å²) in [5.74, 6) is 2.54. The molecular formula is C14H22ClN3O. The van der Waals surface area contributed by atoms with Crippen LogP contribution >= 0.6 is 11.6 Å². The molecule has 1 saturated carbocycles. The number of anilines is 1. The Balaban J connectivity index is 2.02. The largest absolute Gasteiger partial charge is 0.391 e. The predicted molar refractivity (Wildman–Crippen MR) is 77.7 cm³/mol. The van der Waals surface area contributed by atoms with Crippen molar-refractivity contribution in [3.8, 4) is 0 Å². The van der Waals surface area contributed by atoms with E-state index < -0.39 is 0 Å². The molecule has 0 bridgehead atoms. The highest BCUT2D eigenvalue weighted by molar-refractivity contribution is 6.30. The van der Waals surface area contributed by atoms with Crippen molar-refractivity contribution in [2.45, 2.75) is 52.1 Å². The predicted octanol–water partition coefficient (Wildman–Crippen LogP) is 3.13. The lowest BCUT2D eigenvalue weighted by Gasteiger charge is -2.16. The Labute approximate surface area is 119 Å². The molecule has 1 aliphatic rings. The lowest BCUT2D eigenvalue weighted by molar-refractivity contribution is 0.161. The molecule has 4 nitrogen and oxygen atoms in total.